The molecule has 0 radical (unpaired) electrons. The normalized spacial score (nSPS) is 24.4. The molecule has 1 heterocycles. The second-order valence-corrected chi connectivity index (χ2v) is 9.32. The first-order chi connectivity index (χ1) is 13.8. The van der Waals surface area contributed by atoms with Crippen molar-refractivity contribution in [2.45, 2.75) is 69.7 Å². The summed E-state index contributed by atoms with van der Waals surface area (Å²) in [4.78, 5) is 2.66. The molecule has 2 fully saturated rings. The minimum Gasteiger partial charge on any atom is -0.494 e. The van der Waals surface area contributed by atoms with E-state index in [2.05, 4.69) is 28.4 Å². The number of rotatable bonds is 9. The maximum atomic E-state index is 9.67. The van der Waals surface area contributed by atoms with Gasteiger partial charge in [0.15, 0.2) is 0 Å². The number of hydrogen-bond acceptors (Lipinski definition) is 4. The fourth-order valence-electron chi connectivity index (χ4n) is 5.44. The lowest BCUT2D eigenvalue weighted by atomic mass is 9.83. The van der Waals surface area contributed by atoms with Crippen LogP contribution in [0.1, 0.15) is 62.5 Å². The summed E-state index contributed by atoms with van der Waals surface area (Å²) in [5, 5.41) is 13.2. The Bertz CT molecular complexity index is 621. The lowest BCUT2D eigenvalue weighted by Gasteiger charge is -2.29. The number of hydrogen-bond donors (Lipinski definition) is 2. The van der Waals surface area contributed by atoms with Gasteiger partial charge in [-0.25, -0.2) is 0 Å². The van der Waals surface area contributed by atoms with Gasteiger partial charge < -0.3 is 20.1 Å². The van der Waals surface area contributed by atoms with Crippen molar-refractivity contribution >= 4 is 0 Å². The quantitative estimate of drug-likeness (QED) is 0.637. The van der Waals surface area contributed by atoms with Gasteiger partial charge in [0.2, 0.25) is 0 Å². The van der Waals surface area contributed by atoms with Crippen molar-refractivity contribution in [1.29, 1.82) is 0 Å². The maximum absolute atomic E-state index is 9.67. The van der Waals surface area contributed by atoms with Crippen LogP contribution < -0.4 is 10.1 Å². The third kappa shape index (κ3) is 5.08. The predicted octanol–water partition coefficient (Wildman–Crippen LogP) is 3.55. The molecule has 4 heteroatoms. The van der Waals surface area contributed by atoms with E-state index >= 15 is 0 Å². The van der Waals surface area contributed by atoms with Crippen molar-refractivity contribution in [3.05, 3.63) is 29.3 Å². The highest BCUT2D eigenvalue weighted by molar-refractivity contribution is 5.37. The van der Waals surface area contributed by atoms with Gasteiger partial charge in [0.05, 0.1) is 13.2 Å². The molecule has 1 saturated carbocycles. The van der Waals surface area contributed by atoms with Gasteiger partial charge in [0.1, 0.15) is 5.75 Å². The van der Waals surface area contributed by atoms with Crippen LogP contribution in [0, 0.1) is 5.92 Å². The zero-order chi connectivity index (χ0) is 19.2. The molecule has 0 spiro atoms. The van der Waals surface area contributed by atoms with Gasteiger partial charge in [0, 0.05) is 12.1 Å². The van der Waals surface area contributed by atoms with Crippen LogP contribution in [0.15, 0.2) is 18.2 Å². The number of benzene rings is 1. The molecule has 1 atom stereocenters. The van der Waals surface area contributed by atoms with E-state index in [1.807, 2.05) is 0 Å². The average molecular weight is 387 g/mol. The summed E-state index contributed by atoms with van der Waals surface area (Å²) < 4.78 is 6.03. The number of aryl methyl sites for hydroxylation is 1. The smallest absolute Gasteiger partial charge is 0.119 e. The Labute approximate surface area is 170 Å². The van der Waals surface area contributed by atoms with Crippen molar-refractivity contribution in [3.8, 4) is 5.75 Å². The Kier molecular flexibility index (Phi) is 6.92. The molecule has 0 bridgehead atoms. The first-order valence-electron chi connectivity index (χ1n) is 11.6. The van der Waals surface area contributed by atoms with Crippen LogP contribution in [0.5, 0.6) is 5.75 Å². The van der Waals surface area contributed by atoms with E-state index in [-0.39, 0.29) is 12.1 Å². The Hall–Kier alpha value is -1.10. The Morgan fingerprint density at radius 1 is 1.11 bits per heavy atom. The molecule has 1 unspecified atom stereocenters. The minimum atomic E-state index is -0.0164. The molecule has 2 aliphatic carbocycles. The summed E-state index contributed by atoms with van der Waals surface area (Å²) in [6, 6.07) is 6.75. The lowest BCUT2D eigenvalue weighted by Crippen LogP contribution is -2.46. The second kappa shape index (κ2) is 9.60. The van der Waals surface area contributed by atoms with Gasteiger partial charge in [-0.3, -0.25) is 0 Å². The zero-order valence-corrected chi connectivity index (χ0v) is 17.4. The molecule has 0 amide bonds. The number of likely N-dealkylation sites (tertiary alicyclic amines) is 1. The van der Waals surface area contributed by atoms with Crippen LogP contribution in [-0.2, 0) is 12.8 Å². The fraction of sp³-hybridized carbons (Fsp3) is 0.750. The predicted molar refractivity (Wildman–Crippen MR) is 114 cm³/mol. The van der Waals surface area contributed by atoms with Gasteiger partial charge in [-0.2, -0.15) is 0 Å². The minimum absolute atomic E-state index is 0.0164. The molecule has 3 aliphatic rings. The van der Waals surface area contributed by atoms with Crippen molar-refractivity contribution in [1.82, 2.24) is 10.2 Å². The molecule has 1 saturated heterocycles. The summed E-state index contributed by atoms with van der Waals surface area (Å²) in [7, 11) is 0. The van der Waals surface area contributed by atoms with Crippen LogP contribution in [0.25, 0.3) is 0 Å². The molecule has 1 aromatic rings. The van der Waals surface area contributed by atoms with Crippen molar-refractivity contribution in [2.75, 3.05) is 39.4 Å². The molecular weight excluding hydrogens is 348 g/mol. The largest absolute Gasteiger partial charge is 0.494 e. The average Bonchev–Trinajstić information content (AvgIpc) is 3.40. The first-order valence-corrected chi connectivity index (χ1v) is 11.6. The van der Waals surface area contributed by atoms with Gasteiger partial charge >= 0.3 is 0 Å². The highest BCUT2D eigenvalue weighted by Crippen LogP contribution is 2.30. The van der Waals surface area contributed by atoms with Crippen LogP contribution in [0.2, 0.25) is 0 Å². The number of nitrogens with zero attached hydrogens (tertiary/aromatic N) is 1. The van der Waals surface area contributed by atoms with E-state index in [1.54, 1.807) is 0 Å². The number of nitrogens with one attached hydrogen (secondary N) is 1. The third-order valence-corrected chi connectivity index (χ3v) is 7.18. The van der Waals surface area contributed by atoms with E-state index in [0.717, 1.165) is 44.1 Å². The molecule has 28 heavy (non-hydrogen) atoms. The number of fused-ring (bicyclic) bond motifs is 1. The number of ether oxygens (including phenoxy) is 1. The molecule has 4 rings (SSSR count). The monoisotopic (exact) mass is 386 g/mol. The Balaban J connectivity index is 1.19. The zero-order valence-electron chi connectivity index (χ0n) is 17.4. The summed E-state index contributed by atoms with van der Waals surface area (Å²) in [6.45, 7) is 5.83. The van der Waals surface area contributed by atoms with Crippen LogP contribution in [0.3, 0.4) is 0 Å². The number of aliphatic hydroxyl groups is 1. The van der Waals surface area contributed by atoms with Gasteiger partial charge in [0.25, 0.3) is 0 Å². The Morgan fingerprint density at radius 2 is 1.93 bits per heavy atom. The Morgan fingerprint density at radius 3 is 2.71 bits per heavy atom. The van der Waals surface area contributed by atoms with Crippen LogP contribution >= 0.6 is 0 Å². The van der Waals surface area contributed by atoms with Gasteiger partial charge in [-0.15, -0.1) is 0 Å². The van der Waals surface area contributed by atoms with E-state index in [9.17, 15) is 5.11 Å². The van der Waals surface area contributed by atoms with E-state index in [4.69, 9.17) is 4.74 Å². The molecule has 2 N–H and O–H groups in total. The van der Waals surface area contributed by atoms with E-state index in [0.29, 0.717) is 0 Å². The molecule has 1 aliphatic heterocycles. The van der Waals surface area contributed by atoms with E-state index in [1.165, 1.54) is 75.7 Å². The summed E-state index contributed by atoms with van der Waals surface area (Å²) >= 11 is 0. The standard InChI is InChI=1S/C24H38N2O2/c27-19-24(10-1-2-11-24)25-12-5-15-28-23-9-8-21-16-20(6-7-22(21)17-23)18-26-13-3-4-14-26/h8-9,17,20,25,27H,1-7,10-16,18-19H2. The highest BCUT2D eigenvalue weighted by atomic mass is 16.5. The fourth-order valence-corrected chi connectivity index (χ4v) is 5.44. The summed E-state index contributed by atoms with van der Waals surface area (Å²) in [5.74, 6) is 1.85. The molecule has 4 nitrogen and oxygen atoms in total. The SMILES string of the molecule is OCC1(NCCCOc2ccc3c(c2)CCC(CN2CCCC2)C3)CCCC1. The van der Waals surface area contributed by atoms with Gasteiger partial charge in [-0.1, -0.05) is 18.9 Å². The lowest BCUT2D eigenvalue weighted by molar-refractivity contribution is 0.161. The van der Waals surface area contributed by atoms with Crippen LogP contribution in [0.4, 0.5) is 0 Å². The topological polar surface area (TPSA) is 44.7 Å². The second-order valence-electron chi connectivity index (χ2n) is 9.32. The van der Waals surface area contributed by atoms with Crippen molar-refractivity contribution in [3.63, 3.8) is 0 Å². The van der Waals surface area contributed by atoms with Crippen LogP contribution in [-0.4, -0.2) is 54.9 Å². The summed E-state index contributed by atoms with van der Waals surface area (Å²) in [6.07, 6.45) is 12.2. The summed E-state index contributed by atoms with van der Waals surface area (Å²) in [5.41, 5.74) is 3.02. The third-order valence-electron chi connectivity index (χ3n) is 7.18. The van der Waals surface area contributed by atoms with Gasteiger partial charge in [-0.05, 0) is 100 Å². The van der Waals surface area contributed by atoms with E-state index < -0.39 is 0 Å². The molecule has 0 aromatic heterocycles. The van der Waals surface area contributed by atoms with Crippen molar-refractivity contribution in [2.24, 2.45) is 5.92 Å². The highest BCUT2D eigenvalue weighted by Gasteiger charge is 2.32. The number of aliphatic hydroxyl groups excluding tert-OH is 1. The van der Waals surface area contributed by atoms with Crippen molar-refractivity contribution < 1.29 is 9.84 Å². The maximum Gasteiger partial charge on any atom is 0.119 e. The molecule has 1 aromatic carbocycles. The molecular formula is C24H38N2O2. The molecule has 156 valence electrons. The first kappa shape index (κ1) is 20.2.